The molecule has 2 aliphatic rings. The van der Waals surface area contributed by atoms with Gasteiger partial charge < -0.3 is 5.21 Å². The molecule has 2 rings (SSSR count). The van der Waals surface area contributed by atoms with E-state index in [-0.39, 0.29) is 0 Å². The Labute approximate surface area is 79.9 Å². The zero-order valence-corrected chi connectivity index (χ0v) is 8.36. The van der Waals surface area contributed by atoms with Crippen LogP contribution < -0.4 is 0 Å². The predicted molar refractivity (Wildman–Crippen MR) is 51.1 cm³/mol. The van der Waals surface area contributed by atoms with Gasteiger partial charge in [0.25, 0.3) is 0 Å². The van der Waals surface area contributed by atoms with Crippen molar-refractivity contribution in [1.82, 2.24) is 3.11 Å². The van der Waals surface area contributed by atoms with Crippen LogP contribution in [0.15, 0.2) is 5.16 Å². The third kappa shape index (κ3) is 1.26. The standard InChI is InChI=1S/C7H11IN2O/c8-10-6-1-2-7(10)4-5(3-6)9-11/h6-7,11H,1-4H2. The molecule has 4 heteroatoms. The Bertz CT molecular complexity index is 179. The van der Waals surface area contributed by atoms with Crippen molar-refractivity contribution in [3.05, 3.63) is 0 Å². The highest BCUT2D eigenvalue weighted by Gasteiger charge is 2.37. The van der Waals surface area contributed by atoms with Gasteiger partial charge in [-0.15, -0.1) is 0 Å². The van der Waals surface area contributed by atoms with E-state index in [4.69, 9.17) is 5.21 Å². The van der Waals surface area contributed by atoms with E-state index < -0.39 is 0 Å². The lowest BCUT2D eigenvalue weighted by atomic mass is 10.0. The molecular formula is C7H11IN2O. The first-order chi connectivity index (χ1) is 5.31. The Morgan fingerprint density at radius 3 is 2.36 bits per heavy atom. The van der Waals surface area contributed by atoms with Crippen molar-refractivity contribution < 1.29 is 5.21 Å². The molecule has 2 fully saturated rings. The van der Waals surface area contributed by atoms with Crippen LogP contribution in [0.25, 0.3) is 0 Å². The molecular weight excluding hydrogens is 255 g/mol. The SMILES string of the molecule is ON=C1CC2CCC(C1)N2I. The summed E-state index contributed by atoms with van der Waals surface area (Å²) in [5, 5.41) is 11.9. The second-order valence-corrected chi connectivity index (χ2v) is 4.42. The minimum absolute atomic E-state index is 0.639. The number of hydrogen-bond acceptors (Lipinski definition) is 3. The van der Waals surface area contributed by atoms with E-state index in [1.807, 2.05) is 0 Å². The molecule has 62 valence electrons. The van der Waals surface area contributed by atoms with Crippen molar-refractivity contribution in [3.63, 3.8) is 0 Å². The van der Waals surface area contributed by atoms with Crippen LogP contribution in [-0.4, -0.2) is 26.1 Å². The summed E-state index contributed by atoms with van der Waals surface area (Å²) in [5.41, 5.74) is 0.991. The van der Waals surface area contributed by atoms with Crippen molar-refractivity contribution in [1.29, 1.82) is 0 Å². The molecule has 2 unspecified atom stereocenters. The smallest absolute Gasteiger partial charge is 0.0602 e. The molecule has 1 N–H and O–H groups in total. The topological polar surface area (TPSA) is 35.8 Å². The van der Waals surface area contributed by atoms with Crippen LogP contribution >= 0.6 is 22.9 Å². The molecule has 0 spiro atoms. The van der Waals surface area contributed by atoms with E-state index in [9.17, 15) is 0 Å². The van der Waals surface area contributed by atoms with Crippen LogP contribution in [0.1, 0.15) is 25.7 Å². The summed E-state index contributed by atoms with van der Waals surface area (Å²) in [6.07, 6.45) is 4.48. The number of piperidine rings is 1. The third-order valence-electron chi connectivity index (χ3n) is 2.61. The second kappa shape index (κ2) is 2.90. The number of rotatable bonds is 0. The molecule has 0 aromatic heterocycles. The minimum Gasteiger partial charge on any atom is -0.411 e. The number of halogens is 1. The number of oxime groups is 1. The quantitative estimate of drug-likeness (QED) is 0.314. The molecule has 0 saturated carbocycles. The Hall–Kier alpha value is 0.160. The molecule has 0 aromatic carbocycles. The van der Waals surface area contributed by atoms with E-state index >= 15 is 0 Å². The van der Waals surface area contributed by atoms with Crippen LogP contribution in [0.4, 0.5) is 0 Å². The number of hydrogen-bond donors (Lipinski definition) is 1. The van der Waals surface area contributed by atoms with Gasteiger partial charge in [0.2, 0.25) is 0 Å². The monoisotopic (exact) mass is 266 g/mol. The fourth-order valence-electron chi connectivity index (χ4n) is 2.02. The molecule has 2 heterocycles. The lowest BCUT2D eigenvalue weighted by Crippen LogP contribution is -2.36. The van der Waals surface area contributed by atoms with Crippen LogP contribution in [-0.2, 0) is 0 Å². The highest BCUT2D eigenvalue weighted by atomic mass is 127. The molecule has 0 aliphatic carbocycles. The second-order valence-electron chi connectivity index (χ2n) is 3.30. The summed E-state index contributed by atoms with van der Waals surface area (Å²) >= 11 is 2.39. The third-order valence-corrected chi connectivity index (χ3v) is 4.19. The Morgan fingerprint density at radius 2 is 1.91 bits per heavy atom. The van der Waals surface area contributed by atoms with E-state index in [2.05, 4.69) is 31.1 Å². The fourth-order valence-corrected chi connectivity index (χ4v) is 2.97. The lowest BCUT2D eigenvalue weighted by molar-refractivity contribution is 0.302. The van der Waals surface area contributed by atoms with Gasteiger partial charge in [-0.05, 0) is 12.8 Å². The highest BCUT2D eigenvalue weighted by molar-refractivity contribution is 14.1. The molecule has 0 aromatic rings. The van der Waals surface area contributed by atoms with Gasteiger partial charge in [0.05, 0.1) is 5.71 Å². The van der Waals surface area contributed by atoms with Crippen LogP contribution in [0.3, 0.4) is 0 Å². The van der Waals surface area contributed by atoms with Crippen molar-refractivity contribution in [3.8, 4) is 0 Å². The maximum absolute atomic E-state index is 8.61. The first-order valence-electron chi connectivity index (χ1n) is 3.95. The van der Waals surface area contributed by atoms with E-state index in [0.717, 1.165) is 18.6 Å². The predicted octanol–water partition coefficient (Wildman–Crippen LogP) is 1.79. The van der Waals surface area contributed by atoms with Crippen molar-refractivity contribution in [2.24, 2.45) is 5.16 Å². The van der Waals surface area contributed by atoms with Gasteiger partial charge in [0, 0.05) is 47.8 Å². The summed E-state index contributed by atoms with van der Waals surface area (Å²) in [5.74, 6) is 0. The van der Waals surface area contributed by atoms with E-state index in [1.54, 1.807) is 0 Å². The lowest BCUT2D eigenvalue weighted by Gasteiger charge is -2.28. The van der Waals surface area contributed by atoms with Gasteiger partial charge >= 0.3 is 0 Å². The Morgan fingerprint density at radius 1 is 1.36 bits per heavy atom. The summed E-state index contributed by atoms with van der Waals surface area (Å²) in [4.78, 5) is 0. The summed E-state index contributed by atoms with van der Waals surface area (Å²) in [7, 11) is 0. The van der Waals surface area contributed by atoms with Crippen molar-refractivity contribution in [2.75, 3.05) is 0 Å². The highest BCUT2D eigenvalue weighted by Crippen LogP contribution is 2.36. The molecule has 11 heavy (non-hydrogen) atoms. The fraction of sp³-hybridized carbons (Fsp3) is 0.857. The molecule has 3 nitrogen and oxygen atoms in total. The van der Waals surface area contributed by atoms with E-state index in [0.29, 0.717) is 12.1 Å². The van der Waals surface area contributed by atoms with Crippen LogP contribution in [0.2, 0.25) is 0 Å². The maximum atomic E-state index is 8.61. The van der Waals surface area contributed by atoms with Crippen molar-refractivity contribution >= 4 is 28.6 Å². The molecule has 2 bridgehead atoms. The summed E-state index contributed by atoms with van der Waals surface area (Å²) in [6.45, 7) is 0. The van der Waals surface area contributed by atoms with Crippen LogP contribution in [0, 0.1) is 0 Å². The van der Waals surface area contributed by atoms with Gasteiger partial charge in [-0.1, -0.05) is 5.16 Å². The Balaban J connectivity index is 2.14. The van der Waals surface area contributed by atoms with Gasteiger partial charge in [-0.2, -0.15) is 0 Å². The first kappa shape index (κ1) is 7.79. The first-order valence-corrected chi connectivity index (χ1v) is 4.91. The summed E-state index contributed by atoms with van der Waals surface area (Å²) < 4.78 is 2.40. The Kier molecular flexibility index (Phi) is 2.05. The average molecular weight is 266 g/mol. The molecule has 0 radical (unpaired) electrons. The maximum Gasteiger partial charge on any atom is 0.0602 e. The normalized spacial score (nSPS) is 37.7. The molecule has 2 atom stereocenters. The molecule has 0 amide bonds. The molecule has 2 aliphatic heterocycles. The van der Waals surface area contributed by atoms with Gasteiger partial charge in [0.1, 0.15) is 0 Å². The number of nitrogens with zero attached hydrogens (tertiary/aromatic N) is 2. The molecule has 2 saturated heterocycles. The van der Waals surface area contributed by atoms with Gasteiger partial charge in [0.15, 0.2) is 0 Å². The zero-order valence-electron chi connectivity index (χ0n) is 6.20. The van der Waals surface area contributed by atoms with Gasteiger partial charge in [-0.25, -0.2) is 3.11 Å². The average Bonchev–Trinajstić information content (AvgIpc) is 2.26. The number of fused-ring (bicyclic) bond motifs is 2. The summed E-state index contributed by atoms with van der Waals surface area (Å²) in [6, 6.07) is 1.28. The zero-order chi connectivity index (χ0) is 7.84. The van der Waals surface area contributed by atoms with Gasteiger partial charge in [-0.3, -0.25) is 0 Å². The largest absolute Gasteiger partial charge is 0.411 e. The van der Waals surface area contributed by atoms with E-state index in [1.165, 1.54) is 12.8 Å². The van der Waals surface area contributed by atoms with Crippen LogP contribution in [0.5, 0.6) is 0 Å². The minimum atomic E-state index is 0.639. The van der Waals surface area contributed by atoms with Crippen molar-refractivity contribution in [2.45, 2.75) is 37.8 Å².